The van der Waals surface area contributed by atoms with Gasteiger partial charge >= 0.3 is 0 Å². The minimum Gasteiger partial charge on any atom is -0.625 e. The zero-order valence-electron chi connectivity index (χ0n) is 6.68. The molecule has 58 valence electrons. The van der Waals surface area contributed by atoms with Crippen LogP contribution in [0.3, 0.4) is 0 Å². The number of allylic oxidation sites excluding steroid dienone is 2. The molecule has 0 heterocycles. The Kier molecular flexibility index (Phi) is 5.83. The van der Waals surface area contributed by atoms with E-state index in [9.17, 15) is 5.21 Å². The van der Waals surface area contributed by atoms with Gasteiger partial charge in [0.2, 0.25) is 0 Å². The number of hydrogen-bond acceptors (Lipinski definition) is 1. The summed E-state index contributed by atoms with van der Waals surface area (Å²) in [6.07, 6.45) is 6.79. The van der Waals surface area contributed by atoms with E-state index in [1.54, 1.807) is 5.16 Å². The molecule has 0 spiro atoms. The Bertz CT molecular complexity index is 127. The van der Waals surface area contributed by atoms with Gasteiger partial charge in [0, 0.05) is 5.57 Å². The molecule has 0 radical (unpaired) electrons. The van der Waals surface area contributed by atoms with Crippen LogP contribution in [0.15, 0.2) is 11.6 Å². The third-order valence-corrected chi connectivity index (χ3v) is 1.43. The first-order valence-electron chi connectivity index (χ1n) is 3.71. The Hall–Kier alpha value is -0.790. The maximum Gasteiger partial charge on any atom is 0.175 e. The molecule has 0 aliphatic heterocycles. The highest BCUT2D eigenvalue weighted by Gasteiger charge is 1.92. The minimum atomic E-state index is 1.00. The van der Waals surface area contributed by atoms with Gasteiger partial charge in [-0.05, 0) is 19.8 Å². The maximum atomic E-state index is 9.92. The summed E-state index contributed by atoms with van der Waals surface area (Å²) in [4.78, 5) is 0. The quantitative estimate of drug-likeness (QED) is 0.350. The van der Waals surface area contributed by atoms with Gasteiger partial charge in [-0.25, -0.2) is 5.16 Å². The summed E-state index contributed by atoms with van der Waals surface area (Å²) in [5.74, 6) is 0. The van der Waals surface area contributed by atoms with Crippen LogP contribution >= 0.6 is 0 Å². The molecule has 2 nitrogen and oxygen atoms in total. The summed E-state index contributed by atoms with van der Waals surface area (Å²) in [5, 5.41) is 11.7. The second-order valence-corrected chi connectivity index (χ2v) is 2.23. The largest absolute Gasteiger partial charge is 0.625 e. The predicted molar refractivity (Wildman–Crippen MR) is 43.7 cm³/mol. The van der Waals surface area contributed by atoms with E-state index in [0.29, 0.717) is 0 Å². The molecule has 0 rings (SSSR count). The molecular formula is C8H15NO. The molecule has 0 aliphatic carbocycles. The number of hydrogen-bond donors (Lipinski definition) is 1. The Labute approximate surface area is 62.2 Å². The highest BCUT2D eigenvalue weighted by Crippen LogP contribution is 2.02. The highest BCUT2D eigenvalue weighted by atomic mass is 16.4. The van der Waals surface area contributed by atoms with Gasteiger partial charge < -0.3 is 5.21 Å². The smallest absolute Gasteiger partial charge is 0.175 e. The Morgan fingerprint density at radius 3 is 2.70 bits per heavy atom. The first-order chi connectivity index (χ1) is 4.85. The lowest BCUT2D eigenvalue weighted by atomic mass is 10.1. The maximum absolute atomic E-state index is 9.92. The summed E-state index contributed by atoms with van der Waals surface area (Å²) in [5.41, 5.74) is 1.09. The van der Waals surface area contributed by atoms with Crippen LogP contribution in [0.1, 0.15) is 33.1 Å². The van der Waals surface area contributed by atoms with Gasteiger partial charge in [-0.15, -0.1) is 0 Å². The first-order valence-corrected chi connectivity index (χ1v) is 3.71. The van der Waals surface area contributed by atoms with E-state index < -0.39 is 0 Å². The summed E-state index contributed by atoms with van der Waals surface area (Å²) < 4.78 is 0. The van der Waals surface area contributed by atoms with Crippen molar-refractivity contribution in [3.63, 3.8) is 0 Å². The monoisotopic (exact) mass is 141 g/mol. The van der Waals surface area contributed by atoms with Crippen LogP contribution in [0.5, 0.6) is 0 Å². The Morgan fingerprint density at radius 2 is 2.30 bits per heavy atom. The first kappa shape index (κ1) is 9.21. The van der Waals surface area contributed by atoms with E-state index in [0.717, 1.165) is 18.4 Å². The van der Waals surface area contributed by atoms with E-state index in [4.69, 9.17) is 0 Å². The van der Waals surface area contributed by atoms with E-state index in [-0.39, 0.29) is 0 Å². The Balaban J connectivity index is 3.62. The average Bonchev–Trinajstić information content (AvgIpc) is 1.98. The molecule has 10 heavy (non-hydrogen) atoms. The van der Waals surface area contributed by atoms with Gasteiger partial charge in [0.15, 0.2) is 6.21 Å². The zero-order chi connectivity index (χ0) is 7.82. The minimum absolute atomic E-state index is 1.00. The van der Waals surface area contributed by atoms with Gasteiger partial charge in [-0.1, -0.05) is 19.4 Å². The van der Waals surface area contributed by atoms with E-state index >= 15 is 0 Å². The average molecular weight is 141 g/mol. The Morgan fingerprint density at radius 1 is 1.60 bits per heavy atom. The lowest BCUT2D eigenvalue weighted by Crippen LogP contribution is -2.60. The molecule has 0 saturated carbocycles. The lowest BCUT2D eigenvalue weighted by molar-refractivity contribution is -0.366. The molecule has 0 aliphatic rings. The normalized spacial score (nSPS) is 12.8. The molecule has 0 fully saturated rings. The number of nitrogens with one attached hydrogen (secondary N) is 1. The molecule has 0 unspecified atom stereocenters. The number of rotatable bonds is 4. The fraction of sp³-hybridized carbons (Fsp3) is 0.625. The van der Waals surface area contributed by atoms with Crippen LogP contribution in [0.2, 0.25) is 0 Å². The van der Waals surface area contributed by atoms with Crippen molar-refractivity contribution in [2.45, 2.75) is 33.1 Å². The summed E-state index contributed by atoms with van der Waals surface area (Å²) >= 11 is 0. The van der Waals surface area contributed by atoms with Crippen LogP contribution in [0, 0.1) is 5.21 Å². The fourth-order valence-electron chi connectivity index (χ4n) is 0.756. The molecule has 0 bridgehead atoms. The van der Waals surface area contributed by atoms with Crippen molar-refractivity contribution in [2.24, 2.45) is 0 Å². The lowest BCUT2D eigenvalue weighted by Gasteiger charge is -1.94. The van der Waals surface area contributed by atoms with Gasteiger partial charge in [0.25, 0.3) is 0 Å². The van der Waals surface area contributed by atoms with E-state index in [2.05, 4.69) is 6.92 Å². The van der Waals surface area contributed by atoms with Gasteiger partial charge in [-0.3, -0.25) is 0 Å². The van der Waals surface area contributed by atoms with Gasteiger partial charge in [0.05, 0.1) is 0 Å². The summed E-state index contributed by atoms with van der Waals surface area (Å²) in [6.45, 7) is 4.08. The molecule has 2 heteroatoms. The van der Waals surface area contributed by atoms with Crippen molar-refractivity contribution in [3.8, 4) is 0 Å². The SMILES string of the molecule is CC=C(C=[NH+][O-])CCCC. The van der Waals surface area contributed by atoms with Crippen molar-refractivity contribution in [3.05, 3.63) is 16.9 Å². The van der Waals surface area contributed by atoms with Crippen molar-refractivity contribution in [1.82, 2.24) is 0 Å². The molecule has 0 atom stereocenters. The van der Waals surface area contributed by atoms with Crippen LogP contribution < -0.4 is 5.16 Å². The predicted octanol–water partition coefficient (Wildman–Crippen LogP) is 0.772. The summed E-state index contributed by atoms with van der Waals surface area (Å²) in [7, 11) is 0. The third kappa shape index (κ3) is 4.13. The van der Waals surface area contributed by atoms with Crippen LogP contribution in [0.4, 0.5) is 0 Å². The van der Waals surface area contributed by atoms with Crippen molar-refractivity contribution < 1.29 is 5.16 Å². The van der Waals surface area contributed by atoms with Crippen LogP contribution in [-0.4, -0.2) is 6.21 Å². The second kappa shape index (κ2) is 6.33. The van der Waals surface area contributed by atoms with E-state index in [1.165, 1.54) is 12.6 Å². The standard InChI is InChI=1S/C8H15NO/c1-3-5-6-8(4-2)7-9-10/h4,7,9H,3,5-6H2,1-2H3. The van der Waals surface area contributed by atoms with Crippen LogP contribution in [-0.2, 0) is 0 Å². The molecule has 0 aromatic rings. The fourth-order valence-corrected chi connectivity index (χ4v) is 0.756. The van der Waals surface area contributed by atoms with Crippen LogP contribution in [0.25, 0.3) is 0 Å². The topological polar surface area (TPSA) is 37.0 Å². The number of unbranched alkanes of at least 4 members (excludes halogenated alkanes) is 1. The molecule has 0 amide bonds. The van der Waals surface area contributed by atoms with Crippen molar-refractivity contribution in [2.75, 3.05) is 0 Å². The molecule has 1 N–H and O–H groups in total. The van der Waals surface area contributed by atoms with Gasteiger partial charge in [0.1, 0.15) is 0 Å². The van der Waals surface area contributed by atoms with Crippen molar-refractivity contribution in [1.29, 1.82) is 0 Å². The highest BCUT2D eigenvalue weighted by molar-refractivity contribution is 5.73. The van der Waals surface area contributed by atoms with E-state index in [1.807, 2.05) is 13.0 Å². The van der Waals surface area contributed by atoms with Gasteiger partial charge in [-0.2, -0.15) is 0 Å². The third-order valence-electron chi connectivity index (χ3n) is 1.43. The zero-order valence-corrected chi connectivity index (χ0v) is 6.68. The molecular weight excluding hydrogens is 126 g/mol. The summed E-state index contributed by atoms with van der Waals surface area (Å²) in [6, 6.07) is 0. The second-order valence-electron chi connectivity index (χ2n) is 2.23. The van der Waals surface area contributed by atoms with Crippen molar-refractivity contribution >= 4 is 6.21 Å². The molecule has 0 saturated heterocycles. The molecule has 0 aromatic heterocycles. The molecule has 0 aromatic carbocycles.